The number of rotatable bonds is 1. The minimum atomic E-state index is -0.410. The lowest BCUT2D eigenvalue weighted by Crippen LogP contribution is -2.40. The first-order chi connectivity index (χ1) is 5.53. The third-order valence-electron chi connectivity index (χ3n) is 4.04. The average Bonchev–Trinajstić information content (AvgIpc) is 2.52. The van der Waals surface area contributed by atoms with E-state index in [1.807, 2.05) is 6.92 Å². The Hall–Kier alpha value is -0.370. The zero-order chi connectivity index (χ0) is 8.98. The van der Waals surface area contributed by atoms with Gasteiger partial charge < -0.3 is 5.11 Å². The zero-order valence-corrected chi connectivity index (χ0v) is 7.76. The number of hydrogen-bond acceptors (Lipinski definition) is 2. The molecule has 2 saturated carbocycles. The zero-order valence-electron chi connectivity index (χ0n) is 7.76. The molecular weight excluding hydrogens is 152 g/mol. The third kappa shape index (κ3) is 0.717. The Labute approximate surface area is 73.0 Å². The van der Waals surface area contributed by atoms with Gasteiger partial charge in [0.2, 0.25) is 0 Å². The van der Waals surface area contributed by atoms with Crippen LogP contribution in [0.3, 0.4) is 0 Å². The minimum absolute atomic E-state index is 0.0338. The predicted octanol–water partition coefficient (Wildman–Crippen LogP) is 1.37. The van der Waals surface area contributed by atoms with E-state index in [2.05, 4.69) is 6.92 Å². The van der Waals surface area contributed by atoms with Gasteiger partial charge in [-0.1, -0.05) is 13.8 Å². The Bertz CT molecular complexity index is 236. The lowest BCUT2D eigenvalue weighted by atomic mass is 9.71. The maximum atomic E-state index is 11.9. The van der Waals surface area contributed by atoms with Crippen LogP contribution in [0.2, 0.25) is 0 Å². The Morgan fingerprint density at radius 3 is 2.58 bits per heavy atom. The van der Waals surface area contributed by atoms with E-state index in [0.29, 0.717) is 11.7 Å². The van der Waals surface area contributed by atoms with Crippen molar-refractivity contribution in [3.05, 3.63) is 0 Å². The summed E-state index contributed by atoms with van der Waals surface area (Å²) in [6.45, 7) is 4.01. The monoisotopic (exact) mass is 168 g/mol. The van der Waals surface area contributed by atoms with Crippen molar-refractivity contribution in [3.63, 3.8) is 0 Å². The van der Waals surface area contributed by atoms with E-state index < -0.39 is 5.41 Å². The van der Waals surface area contributed by atoms with E-state index in [0.717, 1.165) is 19.3 Å². The Balaban J connectivity index is 2.38. The first kappa shape index (κ1) is 8.24. The van der Waals surface area contributed by atoms with Gasteiger partial charge in [-0.3, -0.25) is 4.79 Å². The molecule has 2 bridgehead atoms. The van der Waals surface area contributed by atoms with Gasteiger partial charge in [-0.25, -0.2) is 0 Å². The van der Waals surface area contributed by atoms with Crippen molar-refractivity contribution >= 4 is 5.78 Å². The third-order valence-corrected chi connectivity index (χ3v) is 4.04. The molecule has 0 heterocycles. The van der Waals surface area contributed by atoms with E-state index in [-0.39, 0.29) is 12.0 Å². The fourth-order valence-electron chi connectivity index (χ4n) is 3.07. The van der Waals surface area contributed by atoms with E-state index in [4.69, 9.17) is 0 Å². The number of fused-ring (bicyclic) bond motifs is 2. The van der Waals surface area contributed by atoms with Crippen molar-refractivity contribution in [2.75, 3.05) is 6.61 Å². The normalized spacial score (nSPS) is 51.9. The van der Waals surface area contributed by atoms with Crippen molar-refractivity contribution in [3.8, 4) is 0 Å². The quantitative estimate of drug-likeness (QED) is 0.642. The summed E-state index contributed by atoms with van der Waals surface area (Å²) in [5.41, 5.74) is -0.505. The molecule has 3 atom stereocenters. The van der Waals surface area contributed by atoms with Gasteiger partial charge in [0, 0.05) is 5.41 Å². The molecule has 0 amide bonds. The van der Waals surface area contributed by atoms with Gasteiger partial charge in [0.15, 0.2) is 0 Å². The number of Topliss-reactive ketones (excluding diaryl/α,β-unsaturated/α-hetero) is 1. The molecule has 3 unspecified atom stereocenters. The second-order valence-corrected chi connectivity index (χ2v) is 4.91. The van der Waals surface area contributed by atoms with Crippen LogP contribution in [0.4, 0.5) is 0 Å². The summed E-state index contributed by atoms with van der Waals surface area (Å²) in [4.78, 5) is 11.9. The molecule has 2 heteroatoms. The maximum absolute atomic E-state index is 11.9. The topological polar surface area (TPSA) is 37.3 Å². The van der Waals surface area contributed by atoms with Crippen molar-refractivity contribution in [1.82, 2.24) is 0 Å². The van der Waals surface area contributed by atoms with Gasteiger partial charge in [0.25, 0.3) is 0 Å². The van der Waals surface area contributed by atoms with Gasteiger partial charge >= 0.3 is 0 Å². The van der Waals surface area contributed by atoms with Gasteiger partial charge in [-0.05, 0) is 25.2 Å². The molecule has 2 nitrogen and oxygen atoms in total. The molecule has 0 aliphatic heterocycles. The van der Waals surface area contributed by atoms with Crippen molar-refractivity contribution in [1.29, 1.82) is 0 Å². The fourth-order valence-corrected chi connectivity index (χ4v) is 3.07. The number of aliphatic hydroxyl groups excluding tert-OH is 1. The summed E-state index contributed by atoms with van der Waals surface area (Å²) in [7, 11) is 0. The molecule has 0 aromatic carbocycles. The van der Waals surface area contributed by atoms with Gasteiger partial charge in [0.05, 0.1) is 12.0 Å². The Kier molecular flexibility index (Phi) is 1.45. The molecule has 0 saturated heterocycles. The van der Waals surface area contributed by atoms with Crippen LogP contribution in [0.1, 0.15) is 33.1 Å². The van der Waals surface area contributed by atoms with E-state index in [1.165, 1.54) is 0 Å². The minimum Gasteiger partial charge on any atom is -0.395 e. The molecule has 0 radical (unpaired) electrons. The lowest BCUT2D eigenvalue weighted by Gasteiger charge is -2.32. The van der Waals surface area contributed by atoms with Crippen LogP contribution in [0.15, 0.2) is 0 Å². The molecule has 2 aliphatic rings. The lowest BCUT2D eigenvalue weighted by molar-refractivity contribution is -0.138. The highest BCUT2D eigenvalue weighted by Gasteiger charge is 2.60. The smallest absolute Gasteiger partial charge is 0.147 e. The van der Waals surface area contributed by atoms with Crippen LogP contribution < -0.4 is 0 Å². The van der Waals surface area contributed by atoms with Crippen molar-refractivity contribution in [2.24, 2.45) is 16.7 Å². The molecule has 12 heavy (non-hydrogen) atoms. The molecule has 0 aromatic rings. The molecule has 2 fully saturated rings. The van der Waals surface area contributed by atoms with Crippen LogP contribution in [0.25, 0.3) is 0 Å². The summed E-state index contributed by atoms with van der Waals surface area (Å²) in [5, 5.41) is 9.21. The number of ketones is 1. The molecule has 2 aliphatic carbocycles. The molecule has 68 valence electrons. The van der Waals surface area contributed by atoms with Gasteiger partial charge in [-0.2, -0.15) is 0 Å². The van der Waals surface area contributed by atoms with Crippen LogP contribution >= 0.6 is 0 Å². The number of aliphatic hydroxyl groups is 1. The van der Waals surface area contributed by atoms with Crippen molar-refractivity contribution in [2.45, 2.75) is 33.1 Å². The average molecular weight is 168 g/mol. The van der Waals surface area contributed by atoms with Crippen LogP contribution in [0, 0.1) is 16.7 Å². The first-order valence-corrected chi connectivity index (χ1v) is 4.69. The summed E-state index contributed by atoms with van der Waals surface area (Å²) < 4.78 is 0. The Morgan fingerprint density at radius 1 is 1.58 bits per heavy atom. The molecule has 0 spiro atoms. The SMILES string of the molecule is CC12CCC(C1)C(C)(CO)C2=O. The summed E-state index contributed by atoms with van der Waals surface area (Å²) in [5.74, 6) is 0.744. The predicted molar refractivity (Wildman–Crippen MR) is 45.6 cm³/mol. The standard InChI is InChI=1S/C10H16O2/c1-9-4-3-7(5-9)10(2,6-11)8(9)12/h7,11H,3-6H2,1-2H3. The largest absolute Gasteiger partial charge is 0.395 e. The van der Waals surface area contributed by atoms with E-state index in [1.54, 1.807) is 0 Å². The molecule has 2 rings (SSSR count). The van der Waals surface area contributed by atoms with E-state index >= 15 is 0 Å². The second kappa shape index (κ2) is 2.11. The maximum Gasteiger partial charge on any atom is 0.147 e. The van der Waals surface area contributed by atoms with Crippen LogP contribution in [-0.2, 0) is 4.79 Å². The number of carbonyl (C=O) groups is 1. The number of carbonyl (C=O) groups excluding carboxylic acids is 1. The number of hydrogen-bond donors (Lipinski definition) is 1. The van der Waals surface area contributed by atoms with Gasteiger partial charge in [0.1, 0.15) is 5.78 Å². The highest BCUT2D eigenvalue weighted by Crippen LogP contribution is 2.59. The highest BCUT2D eigenvalue weighted by molar-refractivity contribution is 5.93. The van der Waals surface area contributed by atoms with E-state index in [9.17, 15) is 9.90 Å². The Morgan fingerprint density at radius 2 is 2.25 bits per heavy atom. The second-order valence-electron chi connectivity index (χ2n) is 4.91. The van der Waals surface area contributed by atoms with Crippen LogP contribution in [0.5, 0.6) is 0 Å². The summed E-state index contributed by atoms with van der Waals surface area (Å²) in [6, 6.07) is 0. The fraction of sp³-hybridized carbons (Fsp3) is 0.900. The van der Waals surface area contributed by atoms with Crippen molar-refractivity contribution < 1.29 is 9.90 Å². The van der Waals surface area contributed by atoms with Crippen LogP contribution in [-0.4, -0.2) is 17.5 Å². The summed E-state index contributed by atoms with van der Waals surface area (Å²) in [6.07, 6.45) is 3.16. The first-order valence-electron chi connectivity index (χ1n) is 4.69. The molecular formula is C10H16O2. The summed E-state index contributed by atoms with van der Waals surface area (Å²) >= 11 is 0. The van der Waals surface area contributed by atoms with Gasteiger partial charge in [-0.15, -0.1) is 0 Å². The molecule has 0 aromatic heterocycles. The molecule has 1 N–H and O–H groups in total. The highest BCUT2D eigenvalue weighted by atomic mass is 16.3.